The third kappa shape index (κ3) is 4.57. The van der Waals surface area contributed by atoms with Crippen molar-refractivity contribution in [3.05, 3.63) is 5.38 Å². The highest BCUT2D eigenvalue weighted by Gasteiger charge is 2.30. The average molecular weight is 210 g/mol. The van der Waals surface area contributed by atoms with Crippen LogP contribution in [0.3, 0.4) is 0 Å². The minimum absolute atomic E-state index is 0.00617. The van der Waals surface area contributed by atoms with Crippen LogP contribution in [0.25, 0.3) is 0 Å². The van der Waals surface area contributed by atoms with Gasteiger partial charge in [0.2, 0.25) is 0 Å². The Labute approximate surface area is 86.6 Å². The van der Waals surface area contributed by atoms with Gasteiger partial charge in [0.25, 0.3) is 0 Å². The molecule has 0 rings (SSSR count). The SMILES string of the molecule is CC(C)CC(Cl)[C](Cl)C(C)(C)C. The molecule has 0 aromatic carbocycles. The van der Waals surface area contributed by atoms with Crippen LogP contribution in [0, 0.1) is 16.7 Å². The molecule has 0 aliphatic carbocycles. The van der Waals surface area contributed by atoms with Gasteiger partial charge in [-0.25, -0.2) is 0 Å². The van der Waals surface area contributed by atoms with Crippen LogP contribution in [-0.2, 0) is 0 Å². The maximum absolute atomic E-state index is 6.14. The fourth-order valence-electron chi connectivity index (χ4n) is 0.987. The minimum Gasteiger partial charge on any atom is -0.121 e. The number of rotatable bonds is 3. The third-order valence-electron chi connectivity index (χ3n) is 1.67. The van der Waals surface area contributed by atoms with E-state index in [4.69, 9.17) is 23.2 Å². The number of halogens is 2. The lowest BCUT2D eigenvalue weighted by Gasteiger charge is -2.28. The molecule has 0 bridgehead atoms. The summed E-state index contributed by atoms with van der Waals surface area (Å²) in [4.78, 5) is 0. The molecule has 2 heteroatoms. The van der Waals surface area contributed by atoms with E-state index in [-0.39, 0.29) is 10.8 Å². The van der Waals surface area contributed by atoms with Crippen LogP contribution in [0.4, 0.5) is 0 Å². The first kappa shape index (κ1) is 12.6. The second-order valence-corrected chi connectivity index (χ2v) is 5.63. The van der Waals surface area contributed by atoms with Crippen LogP contribution >= 0.6 is 23.2 Å². The zero-order valence-electron chi connectivity index (χ0n) is 8.62. The zero-order chi connectivity index (χ0) is 9.94. The standard InChI is InChI=1S/C10H19Cl2/c1-7(2)6-8(11)9(12)10(3,4)5/h7-8H,6H2,1-5H3. The largest absolute Gasteiger partial charge is 0.121 e. The van der Waals surface area contributed by atoms with Crippen LogP contribution in [0.15, 0.2) is 0 Å². The molecular formula is C10H19Cl2. The van der Waals surface area contributed by atoms with Crippen LogP contribution in [0.1, 0.15) is 41.0 Å². The van der Waals surface area contributed by atoms with Gasteiger partial charge in [-0.15, -0.1) is 23.2 Å². The van der Waals surface area contributed by atoms with Gasteiger partial charge in [0, 0.05) is 0 Å². The van der Waals surface area contributed by atoms with E-state index in [1.54, 1.807) is 0 Å². The smallest absolute Gasteiger partial charge is 0.0868 e. The van der Waals surface area contributed by atoms with Gasteiger partial charge in [0.1, 0.15) is 0 Å². The topological polar surface area (TPSA) is 0 Å². The van der Waals surface area contributed by atoms with Gasteiger partial charge in [-0.05, 0) is 17.8 Å². The Morgan fingerprint density at radius 2 is 1.67 bits per heavy atom. The van der Waals surface area contributed by atoms with Crippen molar-refractivity contribution < 1.29 is 0 Å². The molecule has 0 saturated heterocycles. The van der Waals surface area contributed by atoms with Crippen molar-refractivity contribution in [2.75, 3.05) is 0 Å². The van der Waals surface area contributed by atoms with E-state index < -0.39 is 0 Å². The van der Waals surface area contributed by atoms with Crippen LogP contribution in [0.2, 0.25) is 0 Å². The number of hydrogen-bond donors (Lipinski definition) is 0. The summed E-state index contributed by atoms with van der Waals surface area (Å²) < 4.78 is 0. The summed E-state index contributed by atoms with van der Waals surface area (Å²) in [7, 11) is 0. The summed E-state index contributed by atoms with van der Waals surface area (Å²) in [6.45, 7) is 10.6. The van der Waals surface area contributed by atoms with Crippen molar-refractivity contribution in [3.8, 4) is 0 Å². The molecule has 12 heavy (non-hydrogen) atoms. The first-order valence-corrected chi connectivity index (χ1v) is 5.23. The third-order valence-corrected chi connectivity index (χ3v) is 3.01. The molecule has 0 N–H and O–H groups in total. The zero-order valence-corrected chi connectivity index (χ0v) is 10.1. The van der Waals surface area contributed by atoms with Crippen molar-refractivity contribution in [2.24, 2.45) is 11.3 Å². The summed E-state index contributed by atoms with van der Waals surface area (Å²) in [6, 6.07) is 0. The number of hydrogen-bond acceptors (Lipinski definition) is 0. The maximum atomic E-state index is 6.14. The number of alkyl halides is 1. The maximum Gasteiger partial charge on any atom is 0.0868 e. The fourth-order valence-corrected chi connectivity index (χ4v) is 1.76. The molecule has 0 aromatic heterocycles. The lowest BCUT2D eigenvalue weighted by molar-refractivity contribution is 0.432. The summed E-state index contributed by atoms with van der Waals surface area (Å²) >= 11 is 12.3. The van der Waals surface area contributed by atoms with Crippen LogP contribution in [-0.4, -0.2) is 5.38 Å². The summed E-state index contributed by atoms with van der Waals surface area (Å²) in [5, 5.41) is 0.879. The normalized spacial score (nSPS) is 15.8. The predicted octanol–water partition coefficient (Wildman–Crippen LogP) is 4.46. The molecule has 0 saturated carbocycles. The second kappa shape index (κ2) is 4.72. The van der Waals surface area contributed by atoms with E-state index in [9.17, 15) is 0 Å². The summed E-state index contributed by atoms with van der Waals surface area (Å²) in [5.41, 5.74) is 0.0167. The molecule has 73 valence electrons. The molecule has 0 aromatic rings. The Morgan fingerprint density at radius 1 is 1.25 bits per heavy atom. The quantitative estimate of drug-likeness (QED) is 0.603. The molecule has 0 aliphatic heterocycles. The van der Waals surface area contributed by atoms with E-state index in [1.165, 1.54) is 0 Å². The van der Waals surface area contributed by atoms with Crippen molar-refractivity contribution in [1.82, 2.24) is 0 Å². The van der Waals surface area contributed by atoms with E-state index in [1.807, 2.05) is 0 Å². The first-order valence-electron chi connectivity index (χ1n) is 4.42. The Morgan fingerprint density at radius 3 is 1.92 bits per heavy atom. The first-order chi connectivity index (χ1) is 5.25. The average Bonchev–Trinajstić information content (AvgIpc) is 1.82. The molecule has 0 amide bonds. The van der Waals surface area contributed by atoms with Crippen molar-refractivity contribution >= 4 is 23.2 Å². The summed E-state index contributed by atoms with van der Waals surface area (Å²) in [6.07, 6.45) is 0.956. The molecule has 0 spiro atoms. The van der Waals surface area contributed by atoms with Crippen molar-refractivity contribution in [1.29, 1.82) is 0 Å². The summed E-state index contributed by atoms with van der Waals surface area (Å²) in [5.74, 6) is 0.601. The Kier molecular flexibility index (Phi) is 4.94. The van der Waals surface area contributed by atoms with Crippen LogP contribution in [0.5, 0.6) is 0 Å². The molecule has 0 heterocycles. The van der Waals surface area contributed by atoms with Gasteiger partial charge in [-0.1, -0.05) is 34.6 Å². The lowest BCUT2D eigenvalue weighted by Crippen LogP contribution is -2.23. The van der Waals surface area contributed by atoms with E-state index in [2.05, 4.69) is 34.6 Å². The molecule has 0 nitrogen and oxygen atoms in total. The highest BCUT2D eigenvalue weighted by Crippen LogP contribution is 2.38. The lowest BCUT2D eigenvalue weighted by atomic mass is 9.87. The molecule has 1 unspecified atom stereocenters. The van der Waals surface area contributed by atoms with Crippen molar-refractivity contribution in [2.45, 2.75) is 46.4 Å². The Hall–Kier alpha value is 0.580. The van der Waals surface area contributed by atoms with Crippen LogP contribution < -0.4 is 0 Å². The van der Waals surface area contributed by atoms with Gasteiger partial charge in [0.15, 0.2) is 0 Å². The predicted molar refractivity (Wildman–Crippen MR) is 57.6 cm³/mol. The van der Waals surface area contributed by atoms with E-state index in [0.717, 1.165) is 11.8 Å². The van der Waals surface area contributed by atoms with Gasteiger partial charge in [0.05, 0.1) is 10.8 Å². The fraction of sp³-hybridized carbons (Fsp3) is 0.900. The second-order valence-electron chi connectivity index (χ2n) is 4.70. The van der Waals surface area contributed by atoms with E-state index >= 15 is 0 Å². The van der Waals surface area contributed by atoms with Gasteiger partial charge >= 0.3 is 0 Å². The highest BCUT2D eigenvalue weighted by atomic mass is 35.5. The van der Waals surface area contributed by atoms with Gasteiger partial charge in [-0.2, -0.15) is 0 Å². The molecule has 1 radical (unpaired) electrons. The molecular weight excluding hydrogens is 191 g/mol. The van der Waals surface area contributed by atoms with Crippen molar-refractivity contribution in [3.63, 3.8) is 0 Å². The highest BCUT2D eigenvalue weighted by molar-refractivity contribution is 6.35. The minimum atomic E-state index is 0.00617. The van der Waals surface area contributed by atoms with Gasteiger partial charge in [-0.3, -0.25) is 0 Å². The monoisotopic (exact) mass is 209 g/mol. The Bertz CT molecular complexity index is 124. The molecule has 0 aliphatic rings. The van der Waals surface area contributed by atoms with Gasteiger partial charge < -0.3 is 0 Å². The molecule has 1 atom stereocenters. The van der Waals surface area contributed by atoms with E-state index in [0.29, 0.717) is 5.92 Å². The molecule has 0 fully saturated rings. The Balaban J connectivity index is 4.01.